The number of ketones is 1. The molecule has 15 heavy (non-hydrogen) atoms. The first-order valence-corrected chi connectivity index (χ1v) is 6.04. The Kier molecular flexibility index (Phi) is 5.62. The number of carbonyl (C=O) groups is 1. The van der Waals surface area contributed by atoms with E-state index in [0.717, 1.165) is 26.4 Å². The number of hydrogen-bond acceptors (Lipinski definition) is 2. The molecule has 0 spiro atoms. The van der Waals surface area contributed by atoms with Gasteiger partial charge >= 0.3 is 0 Å². The van der Waals surface area contributed by atoms with E-state index in [1.165, 1.54) is 37.7 Å². The van der Waals surface area contributed by atoms with Gasteiger partial charge in [0.1, 0.15) is 5.78 Å². The van der Waals surface area contributed by atoms with Gasteiger partial charge in [-0.15, -0.1) is 0 Å². The molecular weight excluding hydrogens is 188 g/mol. The van der Waals surface area contributed by atoms with Crippen LogP contribution in [0.3, 0.4) is 0 Å². The minimum absolute atomic E-state index is 0.328. The van der Waals surface area contributed by atoms with E-state index in [0.29, 0.717) is 11.7 Å². The second-order valence-electron chi connectivity index (χ2n) is 4.29. The minimum Gasteiger partial charge on any atom is -0.400 e. The smallest absolute Gasteiger partial charge is 0.139 e. The van der Waals surface area contributed by atoms with E-state index in [2.05, 4.69) is 6.08 Å². The zero-order chi connectivity index (χ0) is 11.1. The zero-order valence-electron chi connectivity index (χ0n) is 9.67. The molecule has 0 radical (unpaired) electrons. The molecule has 0 saturated heterocycles. The summed E-state index contributed by atoms with van der Waals surface area (Å²) in [7, 11) is 1.00. The minimum atomic E-state index is 0.328. The van der Waals surface area contributed by atoms with Crippen LogP contribution in [0.2, 0.25) is 0 Å². The largest absolute Gasteiger partial charge is 0.400 e. The van der Waals surface area contributed by atoms with Crippen molar-refractivity contribution < 1.29 is 9.90 Å². The van der Waals surface area contributed by atoms with Gasteiger partial charge in [0.25, 0.3) is 0 Å². The van der Waals surface area contributed by atoms with Crippen LogP contribution in [0.5, 0.6) is 0 Å². The van der Waals surface area contributed by atoms with Gasteiger partial charge in [-0.1, -0.05) is 18.1 Å². The maximum atomic E-state index is 11.7. The molecule has 0 heterocycles. The second-order valence-corrected chi connectivity index (χ2v) is 4.29. The molecule has 0 aromatic rings. The number of allylic oxidation sites excluding steroid dienone is 2. The third-order valence-electron chi connectivity index (χ3n) is 3.33. The van der Waals surface area contributed by atoms with Gasteiger partial charge in [0, 0.05) is 19.4 Å². The SMILES string of the molecule is CO.O=C1CCCCC1C1=CCCCC1. The molecule has 1 saturated carbocycles. The molecule has 0 aromatic heterocycles. The molecule has 1 atom stereocenters. The van der Waals surface area contributed by atoms with Crippen molar-refractivity contribution in [3.63, 3.8) is 0 Å². The van der Waals surface area contributed by atoms with Gasteiger partial charge in [0.05, 0.1) is 0 Å². The molecule has 1 N–H and O–H groups in total. The van der Waals surface area contributed by atoms with Gasteiger partial charge in [-0.25, -0.2) is 0 Å². The molecule has 2 heteroatoms. The molecule has 0 aromatic carbocycles. The Morgan fingerprint density at radius 2 is 1.87 bits per heavy atom. The highest BCUT2D eigenvalue weighted by Crippen LogP contribution is 2.32. The van der Waals surface area contributed by atoms with E-state index in [1.54, 1.807) is 0 Å². The summed E-state index contributed by atoms with van der Waals surface area (Å²) < 4.78 is 0. The van der Waals surface area contributed by atoms with Crippen molar-refractivity contribution in [2.45, 2.75) is 51.4 Å². The topological polar surface area (TPSA) is 37.3 Å². The highest BCUT2D eigenvalue weighted by Gasteiger charge is 2.25. The van der Waals surface area contributed by atoms with Gasteiger partial charge in [-0.3, -0.25) is 4.79 Å². The van der Waals surface area contributed by atoms with Gasteiger partial charge in [-0.05, 0) is 38.5 Å². The van der Waals surface area contributed by atoms with Crippen molar-refractivity contribution in [2.75, 3.05) is 7.11 Å². The Bertz CT molecular complexity index is 231. The summed E-state index contributed by atoms with van der Waals surface area (Å²) in [5.74, 6) is 0.841. The van der Waals surface area contributed by atoms with E-state index >= 15 is 0 Å². The van der Waals surface area contributed by atoms with Crippen LogP contribution in [0.25, 0.3) is 0 Å². The molecule has 86 valence electrons. The van der Waals surface area contributed by atoms with Crippen LogP contribution in [0, 0.1) is 5.92 Å². The molecule has 2 nitrogen and oxygen atoms in total. The summed E-state index contributed by atoms with van der Waals surface area (Å²) in [4.78, 5) is 11.7. The lowest BCUT2D eigenvalue weighted by molar-refractivity contribution is -0.123. The standard InChI is InChI=1S/C12H18O.CH4O/c13-12-9-5-4-8-11(12)10-6-2-1-3-7-10;1-2/h6,11H,1-5,7-9H2;2H,1H3. The van der Waals surface area contributed by atoms with E-state index in [-0.39, 0.29) is 0 Å². The summed E-state index contributed by atoms with van der Waals surface area (Å²) in [6.07, 6.45) is 11.7. The van der Waals surface area contributed by atoms with Gasteiger partial charge in [0.2, 0.25) is 0 Å². The lowest BCUT2D eigenvalue weighted by atomic mass is 9.79. The lowest BCUT2D eigenvalue weighted by Gasteiger charge is -2.25. The van der Waals surface area contributed by atoms with Crippen LogP contribution in [-0.4, -0.2) is 18.0 Å². The third kappa shape index (κ3) is 3.45. The van der Waals surface area contributed by atoms with Crippen LogP contribution in [0.1, 0.15) is 51.4 Å². The molecule has 0 bridgehead atoms. The normalized spacial score (nSPS) is 26.4. The Morgan fingerprint density at radius 3 is 2.47 bits per heavy atom. The lowest BCUT2D eigenvalue weighted by Crippen LogP contribution is -2.21. The van der Waals surface area contributed by atoms with Crippen LogP contribution in [0.15, 0.2) is 11.6 Å². The molecule has 2 aliphatic rings. The van der Waals surface area contributed by atoms with Crippen molar-refractivity contribution in [3.8, 4) is 0 Å². The first kappa shape index (κ1) is 12.4. The van der Waals surface area contributed by atoms with Crippen LogP contribution < -0.4 is 0 Å². The molecule has 2 aliphatic carbocycles. The average molecular weight is 210 g/mol. The highest BCUT2D eigenvalue weighted by atomic mass is 16.2. The van der Waals surface area contributed by atoms with E-state index < -0.39 is 0 Å². The summed E-state index contributed by atoms with van der Waals surface area (Å²) in [5.41, 5.74) is 1.47. The molecule has 1 unspecified atom stereocenters. The molecule has 0 aliphatic heterocycles. The monoisotopic (exact) mass is 210 g/mol. The Morgan fingerprint density at radius 1 is 1.13 bits per heavy atom. The zero-order valence-corrected chi connectivity index (χ0v) is 9.67. The van der Waals surface area contributed by atoms with Crippen LogP contribution >= 0.6 is 0 Å². The van der Waals surface area contributed by atoms with E-state index in [4.69, 9.17) is 5.11 Å². The fraction of sp³-hybridized carbons (Fsp3) is 0.769. The summed E-state index contributed by atoms with van der Waals surface area (Å²) in [6, 6.07) is 0. The summed E-state index contributed by atoms with van der Waals surface area (Å²) >= 11 is 0. The number of hydrogen-bond donors (Lipinski definition) is 1. The Labute approximate surface area is 92.4 Å². The maximum Gasteiger partial charge on any atom is 0.139 e. The molecule has 0 amide bonds. The van der Waals surface area contributed by atoms with Crippen molar-refractivity contribution in [1.29, 1.82) is 0 Å². The van der Waals surface area contributed by atoms with E-state index in [1.807, 2.05) is 0 Å². The van der Waals surface area contributed by atoms with Crippen LogP contribution in [0.4, 0.5) is 0 Å². The first-order valence-electron chi connectivity index (χ1n) is 6.04. The Balaban J connectivity index is 0.000000531. The Hall–Kier alpha value is -0.630. The van der Waals surface area contributed by atoms with Crippen molar-refractivity contribution >= 4 is 5.78 Å². The summed E-state index contributed by atoms with van der Waals surface area (Å²) in [6.45, 7) is 0. The number of Topliss-reactive ketones (excluding diaryl/α,β-unsaturated/α-hetero) is 1. The summed E-state index contributed by atoms with van der Waals surface area (Å²) in [5, 5.41) is 7.00. The van der Waals surface area contributed by atoms with Gasteiger partial charge < -0.3 is 5.11 Å². The molecule has 1 fully saturated rings. The fourth-order valence-electron chi connectivity index (χ4n) is 2.55. The number of aliphatic hydroxyl groups excluding tert-OH is 1. The number of carbonyl (C=O) groups excluding carboxylic acids is 1. The van der Waals surface area contributed by atoms with Crippen molar-refractivity contribution in [3.05, 3.63) is 11.6 Å². The molecule has 2 rings (SSSR count). The van der Waals surface area contributed by atoms with Crippen molar-refractivity contribution in [2.24, 2.45) is 5.92 Å². The fourth-order valence-corrected chi connectivity index (χ4v) is 2.55. The first-order chi connectivity index (χ1) is 7.38. The third-order valence-corrected chi connectivity index (χ3v) is 3.33. The van der Waals surface area contributed by atoms with E-state index in [9.17, 15) is 4.79 Å². The second kappa shape index (κ2) is 6.78. The number of rotatable bonds is 1. The average Bonchev–Trinajstić information content (AvgIpc) is 2.33. The predicted molar refractivity (Wildman–Crippen MR) is 61.7 cm³/mol. The van der Waals surface area contributed by atoms with Gasteiger partial charge in [0.15, 0.2) is 0 Å². The van der Waals surface area contributed by atoms with Crippen LogP contribution in [-0.2, 0) is 4.79 Å². The van der Waals surface area contributed by atoms with Crippen molar-refractivity contribution in [1.82, 2.24) is 0 Å². The van der Waals surface area contributed by atoms with Gasteiger partial charge in [-0.2, -0.15) is 0 Å². The number of aliphatic hydroxyl groups is 1. The highest BCUT2D eigenvalue weighted by molar-refractivity contribution is 5.84. The molecular formula is C13H22O2. The maximum absolute atomic E-state index is 11.7. The quantitative estimate of drug-likeness (QED) is 0.676. The predicted octanol–water partition coefficient (Wildman–Crippen LogP) is 2.85.